The first-order valence-corrected chi connectivity index (χ1v) is 15.2. The third-order valence-electron chi connectivity index (χ3n) is 7.04. The maximum atomic E-state index is 12.8. The minimum atomic E-state index is -0.509. The summed E-state index contributed by atoms with van der Waals surface area (Å²) in [5.41, 5.74) is 2.59. The van der Waals surface area contributed by atoms with Gasteiger partial charge in [-0.15, -0.1) is 9.73 Å². The molecule has 0 bridgehead atoms. The molecule has 0 spiro atoms. The molecule has 3 rings (SSSR count). The molecule has 9 heteroatoms. The number of aromatic nitrogens is 4. The molecule has 220 valence electrons. The predicted octanol–water partition coefficient (Wildman–Crippen LogP) is 8.10. The molecule has 0 saturated carbocycles. The number of hydrogen-bond acceptors (Lipinski definition) is 5. The second kappa shape index (κ2) is 15.2. The highest BCUT2D eigenvalue weighted by molar-refractivity contribution is 6.34. The van der Waals surface area contributed by atoms with Crippen molar-refractivity contribution in [2.24, 2.45) is 5.92 Å². The Bertz CT molecular complexity index is 1240. The Morgan fingerprint density at radius 1 is 1.02 bits per heavy atom. The van der Waals surface area contributed by atoms with Crippen LogP contribution in [0.3, 0.4) is 0 Å². The zero-order valence-corrected chi connectivity index (χ0v) is 25.6. The van der Waals surface area contributed by atoms with Crippen LogP contribution >= 0.6 is 11.6 Å². The van der Waals surface area contributed by atoms with Gasteiger partial charge >= 0.3 is 5.97 Å². The minimum absolute atomic E-state index is 0.0489. The minimum Gasteiger partial charge on any atom is -0.466 e. The number of carbonyl (C=O) groups is 2. The maximum Gasteiger partial charge on any atom is 0.306 e. The van der Waals surface area contributed by atoms with E-state index in [0.29, 0.717) is 28.8 Å². The number of fused-ring (bicyclic) bond motifs is 1. The van der Waals surface area contributed by atoms with E-state index in [4.69, 9.17) is 16.3 Å². The molecule has 0 saturated heterocycles. The standard InChI is InChI=1S/C31H46ClN5O3/c1-6-7-8-9-10-11-12-13-14-15-19-40-25(38)20-22(2)30(39)33-24-18-16-17-23(21-24)28-34-29-26(32)27(31(3,4)5)35-37(29)36-28/h16-18,21-22H,6-15,19-20H2,1-5H3,(H,33,39)(H,34,36). The first-order valence-electron chi connectivity index (χ1n) is 14.8. The van der Waals surface area contributed by atoms with E-state index in [1.54, 1.807) is 13.0 Å². The van der Waals surface area contributed by atoms with E-state index >= 15 is 0 Å². The highest BCUT2D eigenvalue weighted by Gasteiger charge is 2.25. The number of hydrogen-bond donors (Lipinski definition) is 2. The van der Waals surface area contributed by atoms with Crippen LogP contribution in [0.2, 0.25) is 5.02 Å². The van der Waals surface area contributed by atoms with Crippen molar-refractivity contribution in [3.05, 3.63) is 35.0 Å². The molecule has 2 aromatic heterocycles. The molecule has 1 atom stereocenters. The molecule has 8 nitrogen and oxygen atoms in total. The van der Waals surface area contributed by atoms with Crippen molar-refractivity contribution in [3.63, 3.8) is 0 Å². The number of anilines is 1. The van der Waals surface area contributed by atoms with Crippen LogP contribution in [0.5, 0.6) is 0 Å². The highest BCUT2D eigenvalue weighted by Crippen LogP contribution is 2.32. The lowest BCUT2D eigenvalue weighted by Gasteiger charge is -2.14. The van der Waals surface area contributed by atoms with Crippen LogP contribution in [0.15, 0.2) is 24.3 Å². The molecular formula is C31H46ClN5O3. The number of benzene rings is 1. The van der Waals surface area contributed by atoms with Gasteiger partial charge in [-0.2, -0.15) is 5.10 Å². The van der Waals surface area contributed by atoms with Crippen molar-refractivity contribution >= 4 is 34.8 Å². The maximum absolute atomic E-state index is 12.8. The predicted molar refractivity (Wildman–Crippen MR) is 162 cm³/mol. The molecule has 1 amide bonds. The fourth-order valence-corrected chi connectivity index (χ4v) is 5.04. The van der Waals surface area contributed by atoms with E-state index in [-0.39, 0.29) is 23.7 Å². The number of H-pyrrole nitrogens is 1. The van der Waals surface area contributed by atoms with Gasteiger partial charge in [0.2, 0.25) is 5.91 Å². The number of halogens is 1. The summed E-state index contributed by atoms with van der Waals surface area (Å²) >= 11 is 6.55. The Hall–Kier alpha value is -2.87. The summed E-state index contributed by atoms with van der Waals surface area (Å²) in [6, 6.07) is 7.35. The van der Waals surface area contributed by atoms with Crippen molar-refractivity contribution in [2.75, 3.05) is 11.9 Å². The van der Waals surface area contributed by atoms with Gasteiger partial charge in [-0.3, -0.25) is 9.59 Å². The number of unbranched alkanes of at least 4 members (excludes halogenated alkanes) is 9. The van der Waals surface area contributed by atoms with Crippen molar-refractivity contribution in [2.45, 2.75) is 111 Å². The zero-order valence-electron chi connectivity index (χ0n) is 24.8. The fraction of sp³-hybridized carbons (Fsp3) is 0.613. The van der Waals surface area contributed by atoms with E-state index in [2.05, 4.69) is 27.4 Å². The normalized spacial score (nSPS) is 12.6. The number of amides is 1. The van der Waals surface area contributed by atoms with Gasteiger partial charge in [0.1, 0.15) is 5.02 Å². The molecule has 0 fully saturated rings. The molecular weight excluding hydrogens is 526 g/mol. The molecule has 3 aromatic rings. The smallest absolute Gasteiger partial charge is 0.306 e. The number of carbonyl (C=O) groups excluding carboxylic acids is 2. The highest BCUT2D eigenvalue weighted by atomic mass is 35.5. The van der Waals surface area contributed by atoms with Gasteiger partial charge in [0.15, 0.2) is 11.5 Å². The van der Waals surface area contributed by atoms with Gasteiger partial charge in [-0.25, -0.2) is 0 Å². The molecule has 40 heavy (non-hydrogen) atoms. The summed E-state index contributed by atoms with van der Waals surface area (Å²) in [6.45, 7) is 10.5. The average Bonchev–Trinajstić information content (AvgIpc) is 3.46. The largest absolute Gasteiger partial charge is 0.466 e. The van der Waals surface area contributed by atoms with Gasteiger partial charge < -0.3 is 15.0 Å². The Kier molecular flexibility index (Phi) is 12.0. The van der Waals surface area contributed by atoms with E-state index < -0.39 is 5.92 Å². The van der Waals surface area contributed by atoms with E-state index in [9.17, 15) is 9.59 Å². The number of aromatic amines is 1. The number of nitrogens with zero attached hydrogens (tertiary/aromatic N) is 3. The lowest BCUT2D eigenvalue weighted by atomic mass is 9.92. The first kappa shape index (κ1) is 31.7. The van der Waals surface area contributed by atoms with Gasteiger partial charge in [-0.1, -0.05) is 116 Å². The van der Waals surface area contributed by atoms with Crippen molar-refractivity contribution in [1.29, 1.82) is 0 Å². The number of ether oxygens (including phenoxy) is 1. The third-order valence-corrected chi connectivity index (χ3v) is 7.40. The molecule has 1 unspecified atom stereocenters. The topological polar surface area (TPSA) is 101 Å². The van der Waals surface area contributed by atoms with Gasteiger partial charge in [-0.05, 0) is 18.6 Å². The lowest BCUT2D eigenvalue weighted by Crippen LogP contribution is -2.23. The van der Waals surface area contributed by atoms with Crippen LogP contribution in [-0.2, 0) is 19.7 Å². The van der Waals surface area contributed by atoms with Crippen LogP contribution in [0.1, 0.15) is 111 Å². The van der Waals surface area contributed by atoms with Crippen LogP contribution in [0.4, 0.5) is 5.69 Å². The Morgan fingerprint density at radius 2 is 1.68 bits per heavy atom. The summed E-state index contributed by atoms with van der Waals surface area (Å²) in [6.07, 6.45) is 12.4. The SMILES string of the molecule is CCCCCCCCCCCCOC(=O)CC(C)C(=O)Nc1cccc(-c2nn3nc(C(C)(C)C)c(Cl)c3[nH]2)c1. The van der Waals surface area contributed by atoms with Gasteiger partial charge in [0.25, 0.3) is 0 Å². The van der Waals surface area contributed by atoms with Crippen LogP contribution in [0.25, 0.3) is 17.0 Å². The second-order valence-electron chi connectivity index (χ2n) is 11.8. The van der Waals surface area contributed by atoms with E-state index in [0.717, 1.165) is 24.1 Å². The van der Waals surface area contributed by atoms with Crippen molar-refractivity contribution in [3.8, 4) is 11.4 Å². The third kappa shape index (κ3) is 9.36. The molecule has 0 aliphatic carbocycles. The summed E-state index contributed by atoms with van der Waals surface area (Å²) in [5.74, 6) is -0.493. The van der Waals surface area contributed by atoms with Crippen LogP contribution in [-0.4, -0.2) is 38.3 Å². The Balaban J connectivity index is 1.40. The molecule has 2 heterocycles. The van der Waals surface area contributed by atoms with Crippen LogP contribution < -0.4 is 5.32 Å². The zero-order chi connectivity index (χ0) is 29.1. The number of rotatable bonds is 16. The Labute approximate surface area is 243 Å². The quantitative estimate of drug-likeness (QED) is 0.133. The molecule has 0 aliphatic rings. The summed E-state index contributed by atoms with van der Waals surface area (Å²) < 4.78 is 6.88. The number of esters is 1. The summed E-state index contributed by atoms with van der Waals surface area (Å²) in [7, 11) is 0. The van der Waals surface area contributed by atoms with Gasteiger partial charge in [0, 0.05) is 22.6 Å². The van der Waals surface area contributed by atoms with Gasteiger partial charge in [0.05, 0.1) is 18.7 Å². The Morgan fingerprint density at radius 3 is 2.30 bits per heavy atom. The van der Waals surface area contributed by atoms with E-state index in [1.165, 1.54) is 56.0 Å². The monoisotopic (exact) mass is 571 g/mol. The van der Waals surface area contributed by atoms with Crippen molar-refractivity contribution < 1.29 is 14.3 Å². The molecule has 2 N–H and O–H groups in total. The van der Waals surface area contributed by atoms with E-state index in [1.807, 2.05) is 39.0 Å². The lowest BCUT2D eigenvalue weighted by molar-refractivity contribution is -0.146. The summed E-state index contributed by atoms with van der Waals surface area (Å²) in [4.78, 5) is 28.2. The van der Waals surface area contributed by atoms with Crippen molar-refractivity contribution in [1.82, 2.24) is 19.8 Å². The molecule has 1 aromatic carbocycles. The molecule has 0 aliphatic heterocycles. The number of nitrogens with one attached hydrogen (secondary N) is 2. The first-order chi connectivity index (χ1) is 19.1. The van der Waals surface area contributed by atoms with Crippen LogP contribution in [0, 0.1) is 5.92 Å². The summed E-state index contributed by atoms with van der Waals surface area (Å²) in [5, 5.41) is 12.5. The fourth-order valence-electron chi connectivity index (χ4n) is 4.59. The average molecular weight is 572 g/mol. The molecule has 0 radical (unpaired) electrons. The second-order valence-corrected chi connectivity index (χ2v) is 12.2.